The van der Waals surface area contributed by atoms with E-state index in [2.05, 4.69) is 18.2 Å². The first kappa shape index (κ1) is 11.0. The number of rotatable bonds is 2. The van der Waals surface area contributed by atoms with E-state index in [4.69, 9.17) is 11.6 Å². The number of hydrogen-bond acceptors (Lipinski definition) is 1. The van der Waals surface area contributed by atoms with E-state index in [9.17, 15) is 0 Å². The van der Waals surface area contributed by atoms with Crippen molar-refractivity contribution >= 4 is 11.6 Å². The van der Waals surface area contributed by atoms with Gasteiger partial charge in [0.25, 0.3) is 0 Å². The second-order valence-electron chi connectivity index (χ2n) is 4.87. The molecule has 3 unspecified atom stereocenters. The van der Waals surface area contributed by atoms with Crippen LogP contribution in [0.2, 0.25) is 0 Å². The fourth-order valence-corrected chi connectivity index (χ4v) is 2.88. The molecule has 1 fully saturated rings. The first-order valence-electron chi connectivity index (χ1n) is 5.76. The van der Waals surface area contributed by atoms with E-state index in [1.807, 2.05) is 17.9 Å². The van der Waals surface area contributed by atoms with Crippen LogP contribution in [0.25, 0.3) is 0 Å². The lowest BCUT2D eigenvalue weighted by Crippen LogP contribution is -2.24. The van der Waals surface area contributed by atoms with E-state index < -0.39 is 0 Å². The molecule has 0 aliphatic heterocycles. The summed E-state index contributed by atoms with van der Waals surface area (Å²) in [6, 6.07) is 0. The minimum atomic E-state index is 0.392. The van der Waals surface area contributed by atoms with Gasteiger partial charge in [-0.15, -0.1) is 11.6 Å². The summed E-state index contributed by atoms with van der Waals surface area (Å²) in [7, 11) is 1.97. The van der Waals surface area contributed by atoms with Crippen LogP contribution in [-0.4, -0.2) is 15.2 Å². The van der Waals surface area contributed by atoms with Crippen molar-refractivity contribution in [1.29, 1.82) is 0 Å². The highest BCUT2D eigenvalue weighted by Crippen LogP contribution is 2.34. The van der Waals surface area contributed by atoms with E-state index in [-0.39, 0.29) is 0 Å². The summed E-state index contributed by atoms with van der Waals surface area (Å²) in [5.74, 6) is 1.55. The third-order valence-corrected chi connectivity index (χ3v) is 3.95. The standard InChI is InChI=1S/C12H19ClN2/c1-9-3-4-12(13)6-11(9)5-10-7-14-15(2)8-10/h7-9,11-12H,3-6H2,1-2H3. The molecule has 0 aromatic carbocycles. The van der Waals surface area contributed by atoms with E-state index in [0.29, 0.717) is 5.38 Å². The summed E-state index contributed by atoms with van der Waals surface area (Å²) >= 11 is 6.23. The first-order chi connectivity index (χ1) is 7.15. The van der Waals surface area contributed by atoms with E-state index in [0.717, 1.165) is 24.7 Å². The van der Waals surface area contributed by atoms with Crippen molar-refractivity contribution in [3.8, 4) is 0 Å². The first-order valence-corrected chi connectivity index (χ1v) is 6.20. The maximum atomic E-state index is 6.23. The van der Waals surface area contributed by atoms with Gasteiger partial charge in [0.1, 0.15) is 0 Å². The van der Waals surface area contributed by atoms with Crippen molar-refractivity contribution in [2.75, 3.05) is 0 Å². The molecule has 1 saturated carbocycles. The summed E-state index contributed by atoms with van der Waals surface area (Å²) in [5.41, 5.74) is 1.35. The zero-order chi connectivity index (χ0) is 10.8. The van der Waals surface area contributed by atoms with Gasteiger partial charge in [-0.1, -0.05) is 6.92 Å². The lowest BCUT2D eigenvalue weighted by atomic mass is 9.77. The number of nitrogens with zero attached hydrogens (tertiary/aromatic N) is 2. The molecule has 0 amide bonds. The molecule has 3 heteroatoms. The van der Waals surface area contributed by atoms with Gasteiger partial charge in [0.2, 0.25) is 0 Å². The zero-order valence-electron chi connectivity index (χ0n) is 9.49. The Labute approximate surface area is 96.6 Å². The second kappa shape index (κ2) is 4.56. The van der Waals surface area contributed by atoms with Crippen LogP contribution in [0.1, 0.15) is 31.7 Å². The Hall–Kier alpha value is -0.500. The summed E-state index contributed by atoms with van der Waals surface area (Å²) in [5, 5.41) is 4.60. The molecule has 1 aliphatic carbocycles. The maximum Gasteiger partial charge on any atom is 0.0521 e. The third-order valence-electron chi connectivity index (χ3n) is 3.55. The Balaban J connectivity index is 1.98. The lowest BCUT2D eigenvalue weighted by molar-refractivity contribution is 0.258. The fourth-order valence-electron chi connectivity index (χ4n) is 2.52. The van der Waals surface area contributed by atoms with Crippen LogP contribution in [0.5, 0.6) is 0 Å². The molecule has 2 rings (SSSR count). The van der Waals surface area contributed by atoms with Gasteiger partial charge < -0.3 is 0 Å². The van der Waals surface area contributed by atoms with Crippen LogP contribution in [0, 0.1) is 11.8 Å². The van der Waals surface area contributed by atoms with Crippen molar-refractivity contribution in [2.24, 2.45) is 18.9 Å². The SMILES string of the molecule is CC1CCC(Cl)CC1Cc1cnn(C)c1. The van der Waals surface area contributed by atoms with Crippen LogP contribution >= 0.6 is 11.6 Å². The predicted molar refractivity (Wildman–Crippen MR) is 63.1 cm³/mol. The highest BCUT2D eigenvalue weighted by molar-refractivity contribution is 6.20. The summed E-state index contributed by atoms with van der Waals surface area (Å²) in [6.07, 6.45) is 8.86. The molecule has 0 spiro atoms. The Kier molecular flexibility index (Phi) is 3.35. The third kappa shape index (κ3) is 2.75. The number of halogens is 1. The van der Waals surface area contributed by atoms with Crippen LogP contribution in [0.15, 0.2) is 12.4 Å². The van der Waals surface area contributed by atoms with Gasteiger partial charge in [0.15, 0.2) is 0 Å². The van der Waals surface area contributed by atoms with Crippen molar-refractivity contribution in [3.05, 3.63) is 18.0 Å². The van der Waals surface area contributed by atoms with Crippen molar-refractivity contribution in [2.45, 2.75) is 38.0 Å². The topological polar surface area (TPSA) is 17.8 Å². The Bertz CT molecular complexity index is 321. The Morgan fingerprint density at radius 1 is 1.53 bits per heavy atom. The highest BCUT2D eigenvalue weighted by atomic mass is 35.5. The van der Waals surface area contributed by atoms with Crippen LogP contribution in [0.4, 0.5) is 0 Å². The molecule has 0 N–H and O–H groups in total. The van der Waals surface area contributed by atoms with Crippen LogP contribution < -0.4 is 0 Å². The van der Waals surface area contributed by atoms with Crippen LogP contribution in [0.3, 0.4) is 0 Å². The second-order valence-corrected chi connectivity index (χ2v) is 5.49. The number of hydrogen-bond donors (Lipinski definition) is 0. The molecule has 0 bridgehead atoms. The quantitative estimate of drug-likeness (QED) is 0.709. The number of aryl methyl sites for hydroxylation is 1. The smallest absolute Gasteiger partial charge is 0.0521 e. The normalized spacial score (nSPS) is 31.8. The largest absolute Gasteiger partial charge is 0.276 e. The molecular formula is C12H19ClN2. The average Bonchev–Trinajstić information content (AvgIpc) is 2.58. The van der Waals surface area contributed by atoms with Gasteiger partial charge in [-0.25, -0.2) is 0 Å². The van der Waals surface area contributed by atoms with Gasteiger partial charge in [-0.3, -0.25) is 4.68 Å². The number of alkyl halides is 1. The molecule has 1 aliphatic rings. The summed E-state index contributed by atoms with van der Waals surface area (Å²) < 4.78 is 1.88. The molecule has 3 atom stereocenters. The molecule has 0 radical (unpaired) electrons. The monoisotopic (exact) mass is 226 g/mol. The molecule has 1 aromatic rings. The fraction of sp³-hybridized carbons (Fsp3) is 0.750. The van der Waals surface area contributed by atoms with E-state index in [1.165, 1.54) is 18.4 Å². The average molecular weight is 227 g/mol. The highest BCUT2D eigenvalue weighted by Gasteiger charge is 2.26. The van der Waals surface area contributed by atoms with Gasteiger partial charge in [-0.2, -0.15) is 5.10 Å². The van der Waals surface area contributed by atoms with Gasteiger partial charge in [0, 0.05) is 18.6 Å². The van der Waals surface area contributed by atoms with Gasteiger partial charge >= 0.3 is 0 Å². The maximum absolute atomic E-state index is 6.23. The van der Waals surface area contributed by atoms with Gasteiger partial charge in [0.05, 0.1) is 6.20 Å². The van der Waals surface area contributed by atoms with Gasteiger partial charge in [-0.05, 0) is 43.1 Å². The minimum Gasteiger partial charge on any atom is -0.276 e. The molecule has 1 heterocycles. The predicted octanol–water partition coefficient (Wildman–Crippen LogP) is 3.01. The van der Waals surface area contributed by atoms with Crippen LogP contribution in [-0.2, 0) is 13.5 Å². The Morgan fingerprint density at radius 2 is 2.33 bits per heavy atom. The molecule has 15 heavy (non-hydrogen) atoms. The minimum absolute atomic E-state index is 0.392. The summed E-state index contributed by atoms with van der Waals surface area (Å²) in [4.78, 5) is 0. The zero-order valence-corrected chi connectivity index (χ0v) is 10.2. The van der Waals surface area contributed by atoms with Crippen molar-refractivity contribution < 1.29 is 0 Å². The lowest BCUT2D eigenvalue weighted by Gasteiger charge is -2.31. The number of aromatic nitrogens is 2. The Morgan fingerprint density at radius 3 is 3.00 bits per heavy atom. The molecule has 0 saturated heterocycles. The van der Waals surface area contributed by atoms with E-state index in [1.54, 1.807) is 0 Å². The van der Waals surface area contributed by atoms with E-state index >= 15 is 0 Å². The molecule has 84 valence electrons. The summed E-state index contributed by atoms with van der Waals surface area (Å²) in [6.45, 7) is 2.35. The molecule has 2 nitrogen and oxygen atoms in total. The van der Waals surface area contributed by atoms with Crippen molar-refractivity contribution in [1.82, 2.24) is 9.78 Å². The molecular weight excluding hydrogens is 208 g/mol. The van der Waals surface area contributed by atoms with Crippen molar-refractivity contribution in [3.63, 3.8) is 0 Å². The molecule has 1 aromatic heterocycles.